The van der Waals surface area contributed by atoms with Gasteiger partial charge in [-0.3, -0.25) is 0 Å². The highest BCUT2D eigenvalue weighted by molar-refractivity contribution is 7.99. The number of nitrogens with one attached hydrogen (secondary N) is 1. The molecule has 2 N–H and O–H groups in total. The van der Waals surface area contributed by atoms with Gasteiger partial charge < -0.3 is 10.4 Å². The van der Waals surface area contributed by atoms with Crippen LogP contribution >= 0.6 is 11.8 Å². The van der Waals surface area contributed by atoms with Gasteiger partial charge in [-0.05, 0) is 13.2 Å². The van der Waals surface area contributed by atoms with E-state index in [1.807, 2.05) is 6.26 Å². The lowest BCUT2D eigenvalue weighted by Gasteiger charge is -2.23. The summed E-state index contributed by atoms with van der Waals surface area (Å²) >= 11 is 1.71. The summed E-state index contributed by atoms with van der Waals surface area (Å²) in [6.45, 7) is 6.59. The van der Waals surface area contributed by atoms with Crippen LogP contribution in [-0.2, 0) is 0 Å². The van der Waals surface area contributed by atoms with Crippen molar-refractivity contribution >= 4 is 11.8 Å². The SMILES string of the molecule is CSC(CO)C(C)NC(C)C. The topological polar surface area (TPSA) is 32.3 Å². The Kier molecular flexibility index (Phi) is 6.01. The van der Waals surface area contributed by atoms with Crippen molar-refractivity contribution in [3.8, 4) is 0 Å². The molecule has 0 heterocycles. The van der Waals surface area contributed by atoms with Crippen molar-refractivity contribution in [2.24, 2.45) is 0 Å². The van der Waals surface area contributed by atoms with Gasteiger partial charge in [-0.2, -0.15) is 11.8 Å². The lowest BCUT2D eigenvalue weighted by Crippen LogP contribution is -2.41. The Morgan fingerprint density at radius 3 is 2.18 bits per heavy atom. The maximum absolute atomic E-state index is 8.95. The average molecular weight is 177 g/mol. The smallest absolute Gasteiger partial charge is 0.0564 e. The summed E-state index contributed by atoms with van der Waals surface area (Å²) in [4.78, 5) is 0. The fraction of sp³-hybridized carbons (Fsp3) is 1.00. The summed E-state index contributed by atoms with van der Waals surface area (Å²) in [6.07, 6.45) is 2.03. The Hall–Kier alpha value is 0.270. The van der Waals surface area contributed by atoms with Crippen molar-refractivity contribution in [3.05, 3.63) is 0 Å². The number of aliphatic hydroxyl groups excluding tert-OH is 1. The molecule has 0 amide bonds. The van der Waals surface area contributed by atoms with E-state index in [0.29, 0.717) is 17.3 Å². The third-order valence-corrected chi connectivity index (χ3v) is 2.80. The Bertz CT molecular complexity index is 94.1. The monoisotopic (exact) mass is 177 g/mol. The molecule has 0 saturated carbocycles. The third-order valence-electron chi connectivity index (χ3n) is 1.64. The highest BCUT2D eigenvalue weighted by atomic mass is 32.2. The first-order chi connectivity index (χ1) is 5.11. The van der Waals surface area contributed by atoms with Crippen LogP contribution in [0.25, 0.3) is 0 Å². The van der Waals surface area contributed by atoms with Gasteiger partial charge >= 0.3 is 0 Å². The molecule has 2 nitrogen and oxygen atoms in total. The van der Waals surface area contributed by atoms with Crippen LogP contribution in [0.5, 0.6) is 0 Å². The summed E-state index contributed by atoms with van der Waals surface area (Å²) in [5.41, 5.74) is 0. The van der Waals surface area contributed by atoms with Crippen LogP contribution in [0.1, 0.15) is 20.8 Å². The molecule has 0 aromatic carbocycles. The minimum Gasteiger partial charge on any atom is -0.395 e. The van der Waals surface area contributed by atoms with E-state index >= 15 is 0 Å². The van der Waals surface area contributed by atoms with Gasteiger partial charge in [0.2, 0.25) is 0 Å². The average Bonchev–Trinajstić information content (AvgIpc) is 1.88. The summed E-state index contributed by atoms with van der Waals surface area (Å²) in [5.74, 6) is 0. The largest absolute Gasteiger partial charge is 0.395 e. The summed E-state index contributed by atoms with van der Waals surface area (Å²) in [5, 5.41) is 12.6. The molecular weight excluding hydrogens is 158 g/mol. The number of thioether (sulfide) groups is 1. The molecule has 0 aromatic heterocycles. The highest BCUT2D eigenvalue weighted by Gasteiger charge is 2.14. The van der Waals surface area contributed by atoms with Gasteiger partial charge in [-0.25, -0.2) is 0 Å². The molecule has 0 rings (SSSR count). The molecule has 0 spiro atoms. The first-order valence-electron chi connectivity index (χ1n) is 4.01. The van der Waals surface area contributed by atoms with Crippen LogP contribution in [0, 0.1) is 0 Å². The summed E-state index contributed by atoms with van der Waals surface area (Å²) in [6, 6.07) is 0.876. The number of aliphatic hydroxyl groups is 1. The van der Waals surface area contributed by atoms with Crippen LogP contribution in [0.4, 0.5) is 0 Å². The molecule has 0 aliphatic carbocycles. The van der Waals surface area contributed by atoms with E-state index < -0.39 is 0 Å². The predicted molar refractivity (Wildman–Crippen MR) is 52.1 cm³/mol. The lowest BCUT2D eigenvalue weighted by molar-refractivity contribution is 0.273. The van der Waals surface area contributed by atoms with E-state index in [4.69, 9.17) is 5.11 Å². The predicted octanol–water partition coefficient (Wildman–Crippen LogP) is 1.10. The van der Waals surface area contributed by atoms with Crippen LogP contribution in [0.15, 0.2) is 0 Å². The van der Waals surface area contributed by atoms with Gasteiger partial charge in [0.15, 0.2) is 0 Å². The molecule has 2 atom stereocenters. The molecule has 0 saturated heterocycles. The number of hydrogen-bond acceptors (Lipinski definition) is 3. The molecule has 0 aliphatic heterocycles. The molecule has 0 aliphatic rings. The maximum atomic E-state index is 8.95. The molecule has 3 heteroatoms. The number of rotatable bonds is 5. The molecule has 0 radical (unpaired) electrons. The van der Waals surface area contributed by atoms with Crippen molar-refractivity contribution in [3.63, 3.8) is 0 Å². The fourth-order valence-corrected chi connectivity index (χ4v) is 1.71. The molecule has 0 aromatic rings. The fourth-order valence-electron chi connectivity index (χ4n) is 1.07. The van der Waals surface area contributed by atoms with Gasteiger partial charge in [0.1, 0.15) is 0 Å². The first-order valence-corrected chi connectivity index (χ1v) is 5.30. The second-order valence-electron chi connectivity index (χ2n) is 3.07. The minimum atomic E-state index is 0.252. The molecular formula is C8H19NOS. The van der Waals surface area contributed by atoms with Crippen molar-refractivity contribution in [1.29, 1.82) is 0 Å². The van der Waals surface area contributed by atoms with Gasteiger partial charge in [0.25, 0.3) is 0 Å². The van der Waals surface area contributed by atoms with Gasteiger partial charge in [-0.15, -0.1) is 0 Å². The van der Waals surface area contributed by atoms with Crippen molar-refractivity contribution in [2.75, 3.05) is 12.9 Å². The summed E-state index contributed by atoms with van der Waals surface area (Å²) in [7, 11) is 0. The first kappa shape index (κ1) is 11.3. The normalized spacial score (nSPS) is 16.9. The van der Waals surface area contributed by atoms with Gasteiger partial charge in [0.05, 0.1) is 6.61 Å². The van der Waals surface area contributed by atoms with Crippen LogP contribution < -0.4 is 5.32 Å². The Labute approximate surface area is 73.8 Å². The third kappa shape index (κ3) is 4.67. The second kappa shape index (κ2) is 5.86. The van der Waals surface area contributed by atoms with E-state index in [9.17, 15) is 0 Å². The molecule has 68 valence electrons. The van der Waals surface area contributed by atoms with Gasteiger partial charge in [-0.1, -0.05) is 13.8 Å². The number of hydrogen-bond donors (Lipinski definition) is 2. The molecule has 0 fully saturated rings. The zero-order valence-corrected chi connectivity index (χ0v) is 8.61. The van der Waals surface area contributed by atoms with Crippen molar-refractivity contribution < 1.29 is 5.11 Å². The van der Waals surface area contributed by atoms with Crippen LogP contribution in [-0.4, -0.2) is 35.3 Å². The molecule has 2 unspecified atom stereocenters. The Morgan fingerprint density at radius 1 is 1.36 bits per heavy atom. The Morgan fingerprint density at radius 2 is 1.91 bits per heavy atom. The molecule has 11 heavy (non-hydrogen) atoms. The van der Waals surface area contributed by atoms with E-state index in [2.05, 4.69) is 26.1 Å². The summed E-state index contributed by atoms with van der Waals surface area (Å²) < 4.78 is 0. The minimum absolute atomic E-state index is 0.252. The standard InChI is InChI=1S/C8H19NOS/c1-6(2)9-7(3)8(5-10)11-4/h6-10H,5H2,1-4H3. The maximum Gasteiger partial charge on any atom is 0.0564 e. The molecule has 0 bridgehead atoms. The zero-order chi connectivity index (χ0) is 8.85. The highest BCUT2D eigenvalue weighted by Crippen LogP contribution is 2.10. The lowest BCUT2D eigenvalue weighted by atomic mass is 10.2. The van der Waals surface area contributed by atoms with Crippen LogP contribution in [0.2, 0.25) is 0 Å². The Balaban J connectivity index is 3.68. The van der Waals surface area contributed by atoms with E-state index in [-0.39, 0.29) is 6.61 Å². The van der Waals surface area contributed by atoms with Crippen LogP contribution in [0.3, 0.4) is 0 Å². The second-order valence-corrected chi connectivity index (χ2v) is 4.14. The van der Waals surface area contributed by atoms with Crippen molar-refractivity contribution in [1.82, 2.24) is 5.32 Å². The zero-order valence-electron chi connectivity index (χ0n) is 7.79. The van der Waals surface area contributed by atoms with E-state index in [0.717, 1.165) is 0 Å². The van der Waals surface area contributed by atoms with E-state index in [1.54, 1.807) is 11.8 Å². The van der Waals surface area contributed by atoms with Crippen molar-refractivity contribution in [2.45, 2.75) is 38.1 Å². The quantitative estimate of drug-likeness (QED) is 0.659. The van der Waals surface area contributed by atoms with E-state index in [1.165, 1.54) is 0 Å². The van der Waals surface area contributed by atoms with Gasteiger partial charge in [0, 0.05) is 17.3 Å².